The first-order valence-corrected chi connectivity index (χ1v) is 7.52. The Bertz CT molecular complexity index is 809. The molecule has 0 spiro atoms. The van der Waals surface area contributed by atoms with E-state index in [1.54, 1.807) is 18.2 Å². The minimum Gasteiger partial charge on any atom is -0.0991 e. The summed E-state index contributed by atoms with van der Waals surface area (Å²) in [5.74, 6) is 0. The van der Waals surface area contributed by atoms with E-state index in [4.69, 9.17) is 0 Å². The number of benzene rings is 1. The molecule has 0 atom stereocenters. The van der Waals surface area contributed by atoms with Gasteiger partial charge in [-0.3, -0.25) is 0 Å². The molecule has 1 aromatic carbocycles. The Hall–Kier alpha value is -2.86. The normalized spacial score (nSPS) is 12.7. The van der Waals surface area contributed by atoms with Gasteiger partial charge in [0.2, 0.25) is 0 Å². The van der Waals surface area contributed by atoms with Gasteiger partial charge in [0.1, 0.15) is 0 Å². The maximum Gasteiger partial charge on any atom is -0.00993 e. The molecule has 23 heavy (non-hydrogen) atoms. The maximum atomic E-state index is 3.98. The number of allylic oxidation sites excluding steroid dienone is 5. The van der Waals surface area contributed by atoms with Gasteiger partial charge in [0.25, 0.3) is 0 Å². The lowest BCUT2D eigenvalue weighted by Gasteiger charge is -2.13. The zero-order chi connectivity index (χ0) is 17.2. The van der Waals surface area contributed by atoms with Crippen LogP contribution in [0.25, 0.3) is 36.5 Å². The molecule has 0 unspecified atom stereocenters. The highest BCUT2D eigenvalue weighted by molar-refractivity contribution is 5.81. The largest absolute Gasteiger partial charge is 0.0991 e. The van der Waals surface area contributed by atoms with Crippen LogP contribution in [-0.4, -0.2) is 0 Å². The van der Waals surface area contributed by atoms with E-state index in [1.807, 2.05) is 49.5 Å². The lowest BCUT2D eigenvalue weighted by molar-refractivity contribution is 1.41. The Morgan fingerprint density at radius 1 is 0.609 bits per heavy atom. The molecule has 0 nitrogen and oxygen atoms in total. The van der Waals surface area contributed by atoms with Crippen molar-refractivity contribution in [1.29, 1.82) is 0 Å². The number of rotatable bonds is 7. The molecule has 0 bridgehead atoms. The summed E-state index contributed by atoms with van der Waals surface area (Å²) in [7, 11) is 0. The van der Waals surface area contributed by atoms with Crippen molar-refractivity contribution in [3.05, 3.63) is 96.0 Å². The molecule has 0 heteroatoms. The molecule has 1 aromatic rings. The van der Waals surface area contributed by atoms with Gasteiger partial charge in [0, 0.05) is 0 Å². The van der Waals surface area contributed by atoms with Crippen LogP contribution in [0.5, 0.6) is 0 Å². The molecule has 0 N–H and O–H groups in total. The van der Waals surface area contributed by atoms with Gasteiger partial charge in [-0.05, 0) is 39.6 Å². The molecule has 0 saturated heterocycles. The average molecular weight is 300 g/mol. The van der Waals surface area contributed by atoms with Crippen LogP contribution in [0.2, 0.25) is 0 Å². The summed E-state index contributed by atoms with van der Waals surface area (Å²) < 4.78 is 0. The minimum atomic E-state index is 1.04. The van der Waals surface area contributed by atoms with Crippen LogP contribution in [-0.2, 0) is 0 Å². The molecule has 0 radical (unpaired) electrons. The topological polar surface area (TPSA) is 0 Å². The van der Waals surface area contributed by atoms with Crippen LogP contribution < -0.4 is 10.4 Å². The first-order chi connectivity index (χ1) is 11.2. The van der Waals surface area contributed by atoms with Crippen LogP contribution in [0.1, 0.15) is 29.2 Å². The van der Waals surface area contributed by atoms with Crippen molar-refractivity contribution >= 4 is 36.5 Å². The minimum absolute atomic E-state index is 1.04. The van der Waals surface area contributed by atoms with Crippen LogP contribution in [0, 0.1) is 0 Å². The lowest BCUT2D eigenvalue weighted by Crippen LogP contribution is -2.32. The highest BCUT2D eigenvalue weighted by Gasteiger charge is 2.10. The predicted molar refractivity (Wildman–Crippen MR) is 109 cm³/mol. The standard InChI is InChI=1S/C23H24/c1-7-13-16-22-18(10-4)19(11-5)23(17-14-8-2)21(15-9-3)20(22)12-6/h7-17H,1-5H2,6H3/b16-13-,17-14-,20-12+,21-15+. The fraction of sp³-hybridized carbons (Fsp3) is 0.0435. The monoisotopic (exact) mass is 300 g/mol. The Balaban J connectivity index is 4.24. The van der Waals surface area contributed by atoms with E-state index in [0.717, 1.165) is 32.7 Å². The van der Waals surface area contributed by atoms with Crippen LogP contribution in [0.15, 0.2) is 63.3 Å². The van der Waals surface area contributed by atoms with Crippen molar-refractivity contribution in [2.24, 2.45) is 0 Å². The highest BCUT2D eigenvalue weighted by Crippen LogP contribution is 2.19. The Labute approximate surface area is 139 Å². The molecule has 0 amide bonds. The van der Waals surface area contributed by atoms with Crippen molar-refractivity contribution in [3.63, 3.8) is 0 Å². The van der Waals surface area contributed by atoms with Crippen LogP contribution in [0.4, 0.5) is 0 Å². The summed E-state index contributed by atoms with van der Waals surface area (Å²) >= 11 is 0. The van der Waals surface area contributed by atoms with Crippen LogP contribution >= 0.6 is 0 Å². The molecule has 0 heterocycles. The summed E-state index contributed by atoms with van der Waals surface area (Å²) in [5.41, 5.74) is 4.27. The van der Waals surface area contributed by atoms with Gasteiger partial charge in [-0.2, -0.15) is 0 Å². The third kappa shape index (κ3) is 3.87. The SMILES string of the molecule is C=C/C=C\c1c(C=C)c(C=C)c(/C=C\C=C)c(=C/C=C)/c1=C\C. The first-order valence-electron chi connectivity index (χ1n) is 7.52. The highest BCUT2D eigenvalue weighted by atomic mass is 14.1. The van der Waals surface area contributed by atoms with E-state index in [9.17, 15) is 0 Å². The second-order valence-electron chi connectivity index (χ2n) is 4.77. The van der Waals surface area contributed by atoms with Crippen LogP contribution in [0.3, 0.4) is 0 Å². The molecule has 0 aliphatic carbocycles. The van der Waals surface area contributed by atoms with E-state index >= 15 is 0 Å². The Kier molecular flexibility index (Phi) is 7.29. The summed E-state index contributed by atoms with van der Waals surface area (Å²) in [6, 6.07) is 0. The van der Waals surface area contributed by atoms with Crippen molar-refractivity contribution < 1.29 is 0 Å². The smallest absolute Gasteiger partial charge is 0.00993 e. The molecule has 1 rings (SSSR count). The first kappa shape index (κ1) is 18.2. The van der Waals surface area contributed by atoms with E-state index < -0.39 is 0 Å². The summed E-state index contributed by atoms with van der Waals surface area (Å²) in [6.07, 6.45) is 21.1. The van der Waals surface area contributed by atoms with Gasteiger partial charge in [-0.1, -0.05) is 99.7 Å². The fourth-order valence-corrected chi connectivity index (χ4v) is 2.61. The third-order valence-corrected chi connectivity index (χ3v) is 3.52. The van der Waals surface area contributed by atoms with E-state index in [2.05, 4.69) is 39.0 Å². The molecule has 0 aliphatic rings. The molecular formula is C23H24. The van der Waals surface area contributed by atoms with E-state index in [-0.39, 0.29) is 0 Å². The summed E-state index contributed by atoms with van der Waals surface area (Å²) in [5, 5.41) is 2.23. The van der Waals surface area contributed by atoms with Gasteiger partial charge in [-0.15, -0.1) is 0 Å². The second-order valence-corrected chi connectivity index (χ2v) is 4.77. The second kappa shape index (κ2) is 9.22. The Morgan fingerprint density at radius 2 is 1.09 bits per heavy atom. The third-order valence-electron chi connectivity index (χ3n) is 3.52. The van der Waals surface area contributed by atoms with Gasteiger partial charge in [0.05, 0.1) is 0 Å². The van der Waals surface area contributed by atoms with Crippen molar-refractivity contribution in [2.75, 3.05) is 0 Å². The van der Waals surface area contributed by atoms with Gasteiger partial charge in [0.15, 0.2) is 0 Å². The van der Waals surface area contributed by atoms with Crippen molar-refractivity contribution in [1.82, 2.24) is 0 Å². The zero-order valence-corrected chi connectivity index (χ0v) is 13.9. The van der Waals surface area contributed by atoms with Gasteiger partial charge >= 0.3 is 0 Å². The summed E-state index contributed by atoms with van der Waals surface area (Å²) in [6.45, 7) is 21.4. The predicted octanol–water partition coefficient (Wildman–Crippen LogP) is 5.14. The van der Waals surface area contributed by atoms with Crippen molar-refractivity contribution in [3.8, 4) is 0 Å². The van der Waals surface area contributed by atoms with E-state index in [0.29, 0.717) is 0 Å². The molecule has 0 saturated carbocycles. The zero-order valence-electron chi connectivity index (χ0n) is 13.9. The quantitative estimate of drug-likeness (QED) is 0.612. The number of hydrogen-bond acceptors (Lipinski definition) is 0. The van der Waals surface area contributed by atoms with E-state index in [1.165, 1.54) is 0 Å². The fourth-order valence-electron chi connectivity index (χ4n) is 2.61. The molecule has 0 aliphatic heterocycles. The molecule has 0 aromatic heterocycles. The lowest BCUT2D eigenvalue weighted by atomic mass is 9.90. The molecule has 116 valence electrons. The van der Waals surface area contributed by atoms with Gasteiger partial charge in [-0.25, -0.2) is 0 Å². The summed E-state index contributed by atoms with van der Waals surface area (Å²) in [4.78, 5) is 0. The molecule has 0 fully saturated rings. The maximum absolute atomic E-state index is 3.98. The average Bonchev–Trinajstić information content (AvgIpc) is 2.57. The van der Waals surface area contributed by atoms with Gasteiger partial charge < -0.3 is 0 Å². The number of hydrogen-bond donors (Lipinski definition) is 0. The van der Waals surface area contributed by atoms with Crippen molar-refractivity contribution in [2.45, 2.75) is 6.92 Å². The molecular weight excluding hydrogens is 276 g/mol. The Morgan fingerprint density at radius 3 is 1.43 bits per heavy atom.